The monoisotopic (exact) mass is 416 g/mol. The predicted octanol–water partition coefficient (Wildman–Crippen LogP) is 7.41. The molecular formula is C19H40SiSn. The molecule has 0 spiro atoms. The van der Waals surface area contributed by atoms with Gasteiger partial charge in [-0.05, 0) is 0 Å². The molecule has 0 aromatic carbocycles. The van der Waals surface area contributed by atoms with Crippen molar-refractivity contribution in [2.24, 2.45) is 0 Å². The molecular weight excluding hydrogens is 375 g/mol. The zero-order valence-corrected chi connectivity index (χ0v) is 19.4. The summed E-state index contributed by atoms with van der Waals surface area (Å²) < 4.78 is 7.09. The zero-order valence-electron chi connectivity index (χ0n) is 15.6. The average Bonchev–Trinajstić information content (AvgIpc) is 2.47. The molecule has 0 amide bonds. The Morgan fingerprint density at radius 3 is 1.71 bits per heavy atom. The van der Waals surface area contributed by atoms with Gasteiger partial charge in [0, 0.05) is 0 Å². The molecule has 0 fully saturated rings. The minimum absolute atomic E-state index is 0.848. The molecule has 0 saturated carbocycles. The van der Waals surface area contributed by atoms with Gasteiger partial charge in [0.25, 0.3) is 0 Å². The Morgan fingerprint density at radius 2 is 1.38 bits per heavy atom. The number of hydrogen-bond donors (Lipinski definition) is 0. The molecule has 0 N–H and O–H groups in total. The standard InChI is InChI=1S/C7H13Si.3C4H9.Sn/c1-8(2)6-4-3-5-7-8;3*1-3-4-2;/h4H,5-7H2,1-2H3;3*1,3-4H2,2H3;. The SMILES string of the molecule is CCC[CH2][Sn]([CH2]CCC)([CH2]CCC)[C]1=CC[Si](C)(C)CC1. The molecule has 21 heavy (non-hydrogen) atoms. The van der Waals surface area contributed by atoms with Crippen LogP contribution in [0.2, 0.25) is 38.5 Å². The molecule has 0 nitrogen and oxygen atoms in total. The molecule has 1 rings (SSSR count). The van der Waals surface area contributed by atoms with Crippen LogP contribution >= 0.6 is 0 Å². The molecule has 0 bridgehead atoms. The summed E-state index contributed by atoms with van der Waals surface area (Å²) in [6, 6.07) is 3.08. The number of rotatable bonds is 10. The molecule has 2 heteroatoms. The van der Waals surface area contributed by atoms with E-state index >= 15 is 0 Å². The summed E-state index contributed by atoms with van der Waals surface area (Å²) in [5.41, 5.74) is 0. The first-order valence-electron chi connectivity index (χ1n) is 9.69. The zero-order chi connectivity index (χ0) is 15.8. The second-order valence-electron chi connectivity index (χ2n) is 8.19. The minimum atomic E-state index is -2.01. The Morgan fingerprint density at radius 1 is 0.905 bits per heavy atom. The number of unbranched alkanes of at least 4 members (excludes halogenated alkanes) is 3. The van der Waals surface area contributed by atoms with E-state index in [1.165, 1.54) is 51.0 Å². The molecule has 1 aliphatic heterocycles. The van der Waals surface area contributed by atoms with Crippen molar-refractivity contribution in [3.63, 3.8) is 0 Å². The van der Waals surface area contributed by atoms with Gasteiger partial charge in [-0.25, -0.2) is 0 Å². The van der Waals surface area contributed by atoms with Crippen molar-refractivity contribution in [3.05, 3.63) is 9.67 Å². The summed E-state index contributed by atoms with van der Waals surface area (Å²) in [6.45, 7) is 12.4. The third-order valence-electron chi connectivity index (χ3n) is 5.68. The van der Waals surface area contributed by atoms with Gasteiger partial charge in [0.15, 0.2) is 0 Å². The van der Waals surface area contributed by atoms with Crippen LogP contribution in [0.3, 0.4) is 0 Å². The fourth-order valence-corrected chi connectivity index (χ4v) is 24.3. The van der Waals surface area contributed by atoms with E-state index in [1.807, 2.05) is 0 Å². The van der Waals surface area contributed by atoms with Gasteiger partial charge in [0.2, 0.25) is 0 Å². The van der Waals surface area contributed by atoms with Gasteiger partial charge < -0.3 is 0 Å². The summed E-state index contributed by atoms with van der Waals surface area (Å²) in [5, 5.41) is 0. The fourth-order valence-electron chi connectivity index (χ4n) is 3.96. The molecule has 0 aromatic heterocycles. The van der Waals surface area contributed by atoms with E-state index in [9.17, 15) is 0 Å². The van der Waals surface area contributed by atoms with Gasteiger partial charge in [0.1, 0.15) is 0 Å². The van der Waals surface area contributed by atoms with E-state index in [0.29, 0.717) is 0 Å². The first kappa shape index (κ1) is 19.8. The third-order valence-corrected chi connectivity index (χ3v) is 25.0. The van der Waals surface area contributed by atoms with Gasteiger partial charge in [-0.1, -0.05) is 0 Å². The van der Waals surface area contributed by atoms with Gasteiger partial charge >= 0.3 is 140 Å². The van der Waals surface area contributed by atoms with Crippen LogP contribution in [0.15, 0.2) is 9.67 Å². The molecule has 0 atom stereocenters. The van der Waals surface area contributed by atoms with Gasteiger partial charge in [-0.3, -0.25) is 0 Å². The molecule has 0 aliphatic carbocycles. The molecule has 1 heterocycles. The quantitative estimate of drug-likeness (QED) is 0.326. The second-order valence-corrected chi connectivity index (χ2v) is 26.8. The number of hydrogen-bond acceptors (Lipinski definition) is 0. The van der Waals surface area contributed by atoms with E-state index in [4.69, 9.17) is 0 Å². The third kappa shape index (κ3) is 6.41. The Labute approximate surface area is 140 Å². The van der Waals surface area contributed by atoms with E-state index in [0.717, 1.165) is 0 Å². The van der Waals surface area contributed by atoms with Crippen molar-refractivity contribution < 1.29 is 0 Å². The molecule has 0 radical (unpaired) electrons. The fraction of sp³-hybridized carbons (Fsp3) is 0.895. The van der Waals surface area contributed by atoms with Gasteiger partial charge in [0.05, 0.1) is 0 Å². The maximum atomic E-state index is 2.81. The molecule has 0 saturated heterocycles. The van der Waals surface area contributed by atoms with Crippen molar-refractivity contribution in [2.75, 3.05) is 0 Å². The Bertz CT molecular complexity index is 298. The summed E-state index contributed by atoms with van der Waals surface area (Å²) in [4.78, 5) is 0. The first-order chi connectivity index (χ1) is 9.99. The Kier molecular flexibility index (Phi) is 9.24. The predicted molar refractivity (Wildman–Crippen MR) is 105 cm³/mol. The summed E-state index contributed by atoms with van der Waals surface area (Å²) in [6.07, 6.45) is 13.1. The average molecular weight is 415 g/mol. The van der Waals surface area contributed by atoms with E-state index in [-0.39, 0.29) is 0 Å². The van der Waals surface area contributed by atoms with Crippen molar-refractivity contribution in [2.45, 2.75) is 104 Å². The summed E-state index contributed by atoms with van der Waals surface area (Å²) in [7, 11) is -0.848. The topological polar surface area (TPSA) is 0 Å². The summed E-state index contributed by atoms with van der Waals surface area (Å²) in [5.74, 6) is 0. The van der Waals surface area contributed by atoms with Crippen molar-refractivity contribution in [3.8, 4) is 0 Å². The van der Waals surface area contributed by atoms with Gasteiger partial charge in [-0.2, -0.15) is 0 Å². The van der Waals surface area contributed by atoms with Crippen LogP contribution < -0.4 is 0 Å². The first-order valence-corrected chi connectivity index (χ1v) is 20.6. The van der Waals surface area contributed by atoms with Crippen LogP contribution in [0.1, 0.15) is 65.7 Å². The Hall–Kier alpha value is 0.756. The van der Waals surface area contributed by atoms with Crippen molar-refractivity contribution in [1.82, 2.24) is 0 Å². The Balaban J connectivity index is 2.92. The molecule has 1 aliphatic rings. The normalized spacial score (nSPS) is 18.6. The maximum absolute atomic E-state index is 2.81. The van der Waals surface area contributed by atoms with Crippen LogP contribution in [0.25, 0.3) is 0 Å². The van der Waals surface area contributed by atoms with Crippen LogP contribution in [0, 0.1) is 0 Å². The van der Waals surface area contributed by atoms with E-state index in [2.05, 4.69) is 43.5 Å². The number of allylic oxidation sites excluding steroid dienone is 2. The second kappa shape index (κ2) is 9.80. The van der Waals surface area contributed by atoms with E-state index in [1.54, 1.807) is 19.4 Å². The van der Waals surface area contributed by atoms with Crippen molar-refractivity contribution >= 4 is 26.5 Å². The summed E-state index contributed by atoms with van der Waals surface area (Å²) >= 11 is -2.01. The van der Waals surface area contributed by atoms with Gasteiger partial charge in [-0.15, -0.1) is 0 Å². The van der Waals surface area contributed by atoms with Crippen molar-refractivity contribution in [1.29, 1.82) is 0 Å². The van der Waals surface area contributed by atoms with Crippen LogP contribution in [-0.4, -0.2) is 26.5 Å². The van der Waals surface area contributed by atoms with Crippen LogP contribution in [0.5, 0.6) is 0 Å². The molecule has 124 valence electrons. The van der Waals surface area contributed by atoms with E-state index < -0.39 is 26.5 Å². The van der Waals surface area contributed by atoms with Crippen LogP contribution in [0.4, 0.5) is 0 Å². The molecule has 0 unspecified atom stereocenters. The molecule has 0 aromatic rings. The van der Waals surface area contributed by atoms with Crippen LogP contribution in [-0.2, 0) is 0 Å².